The summed E-state index contributed by atoms with van der Waals surface area (Å²) in [6, 6.07) is 0. The second-order valence-electron chi connectivity index (χ2n) is 8.60. The minimum atomic E-state index is -0.251. The summed E-state index contributed by atoms with van der Waals surface area (Å²) in [7, 11) is 0. The third-order valence-electron chi connectivity index (χ3n) is 4.96. The average Bonchev–Trinajstić information content (AvgIpc) is 2.11. The molecule has 1 rings (SSSR count). The van der Waals surface area contributed by atoms with Crippen LogP contribution in [0.3, 0.4) is 0 Å². The Morgan fingerprint density at radius 2 is 1.58 bits per heavy atom. The van der Waals surface area contributed by atoms with E-state index < -0.39 is 0 Å². The lowest BCUT2D eigenvalue weighted by atomic mass is 9.52. The molecule has 0 radical (unpaired) electrons. The second-order valence-corrected chi connectivity index (χ2v) is 8.60. The van der Waals surface area contributed by atoms with E-state index >= 15 is 0 Å². The lowest BCUT2D eigenvalue weighted by molar-refractivity contribution is 0.00311. The first-order chi connectivity index (χ1) is 8.47. The van der Waals surface area contributed by atoms with Crippen LogP contribution in [-0.4, -0.2) is 11.2 Å². The summed E-state index contributed by atoms with van der Waals surface area (Å²) in [5.41, 5.74) is 1.83. The highest BCUT2D eigenvalue weighted by molar-refractivity contribution is 5.14. The zero-order valence-corrected chi connectivity index (χ0v) is 14.1. The van der Waals surface area contributed by atoms with Crippen molar-refractivity contribution in [3.05, 3.63) is 12.2 Å². The highest BCUT2D eigenvalue weighted by atomic mass is 16.3. The maximum absolute atomic E-state index is 10.2. The molecular formula is C18H34O. The van der Waals surface area contributed by atoms with Gasteiger partial charge in [0.15, 0.2) is 0 Å². The summed E-state index contributed by atoms with van der Waals surface area (Å²) in [5, 5.41) is 10.2. The largest absolute Gasteiger partial charge is 0.393 e. The van der Waals surface area contributed by atoms with Gasteiger partial charge in [-0.05, 0) is 47.8 Å². The standard InChI is InChI=1S/C18H34O/c1-12(2)15(19)9-14(4)16-17(5,6)10-13(3)11-18(16,7)8/h12-13,15-16,19H,4,9-11H2,1-3,5-8H3. The van der Waals surface area contributed by atoms with Gasteiger partial charge in [-0.3, -0.25) is 0 Å². The molecule has 1 aliphatic rings. The molecule has 0 aromatic carbocycles. The van der Waals surface area contributed by atoms with Gasteiger partial charge in [0.25, 0.3) is 0 Å². The molecule has 1 fully saturated rings. The van der Waals surface area contributed by atoms with E-state index in [1.165, 1.54) is 18.4 Å². The van der Waals surface area contributed by atoms with Gasteiger partial charge in [-0.2, -0.15) is 0 Å². The first kappa shape index (κ1) is 16.8. The minimum Gasteiger partial charge on any atom is -0.393 e. The molecule has 1 nitrogen and oxygen atoms in total. The van der Waals surface area contributed by atoms with Gasteiger partial charge in [0.1, 0.15) is 0 Å². The average molecular weight is 266 g/mol. The quantitative estimate of drug-likeness (QED) is 0.706. The van der Waals surface area contributed by atoms with Gasteiger partial charge in [0.05, 0.1) is 6.10 Å². The fraction of sp³-hybridized carbons (Fsp3) is 0.889. The van der Waals surface area contributed by atoms with Crippen LogP contribution >= 0.6 is 0 Å². The Hall–Kier alpha value is -0.300. The van der Waals surface area contributed by atoms with E-state index in [0.717, 1.165) is 12.3 Å². The molecule has 1 unspecified atom stereocenters. The van der Waals surface area contributed by atoms with Gasteiger partial charge in [0.2, 0.25) is 0 Å². The van der Waals surface area contributed by atoms with Crippen LogP contribution in [0.25, 0.3) is 0 Å². The highest BCUT2D eigenvalue weighted by Crippen LogP contribution is 2.56. The second kappa shape index (κ2) is 5.60. The molecule has 1 N–H and O–H groups in total. The fourth-order valence-corrected chi connectivity index (χ4v) is 4.89. The first-order valence-corrected chi connectivity index (χ1v) is 7.83. The van der Waals surface area contributed by atoms with Crippen LogP contribution < -0.4 is 0 Å². The third-order valence-corrected chi connectivity index (χ3v) is 4.96. The molecule has 19 heavy (non-hydrogen) atoms. The number of hydrogen-bond donors (Lipinski definition) is 1. The van der Waals surface area contributed by atoms with E-state index in [0.29, 0.717) is 11.8 Å². The molecule has 0 aliphatic heterocycles. The Labute approximate surface area is 120 Å². The maximum Gasteiger partial charge on any atom is 0.0600 e. The number of aliphatic hydroxyl groups excluding tert-OH is 1. The normalized spacial score (nSPS) is 31.2. The van der Waals surface area contributed by atoms with Crippen molar-refractivity contribution in [2.45, 2.75) is 73.8 Å². The summed E-state index contributed by atoms with van der Waals surface area (Å²) in [6.07, 6.45) is 3.03. The van der Waals surface area contributed by atoms with Gasteiger partial charge < -0.3 is 5.11 Å². The summed E-state index contributed by atoms with van der Waals surface area (Å²) >= 11 is 0. The number of hydrogen-bond acceptors (Lipinski definition) is 1. The molecule has 0 spiro atoms. The topological polar surface area (TPSA) is 20.2 Å². The Bertz CT molecular complexity index is 307. The van der Waals surface area contributed by atoms with Crippen LogP contribution in [-0.2, 0) is 0 Å². The summed E-state index contributed by atoms with van der Waals surface area (Å²) in [6.45, 7) is 20.4. The van der Waals surface area contributed by atoms with Gasteiger partial charge in [-0.1, -0.05) is 60.6 Å². The van der Waals surface area contributed by atoms with E-state index in [4.69, 9.17) is 0 Å². The molecule has 0 heterocycles. The van der Waals surface area contributed by atoms with Crippen molar-refractivity contribution < 1.29 is 5.11 Å². The van der Waals surface area contributed by atoms with Crippen LogP contribution in [0.4, 0.5) is 0 Å². The minimum absolute atomic E-state index is 0.251. The Kier molecular flexibility index (Phi) is 4.93. The van der Waals surface area contributed by atoms with E-state index in [1.807, 2.05) is 0 Å². The van der Waals surface area contributed by atoms with E-state index in [1.54, 1.807) is 0 Å². The van der Waals surface area contributed by atoms with E-state index in [-0.39, 0.29) is 16.9 Å². The van der Waals surface area contributed by atoms with Crippen molar-refractivity contribution in [2.75, 3.05) is 0 Å². The van der Waals surface area contributed by atoms with Crippen LogP contribution in [0.1, 0.15) is 67.7 Å². The molecule has 0 aromatic rings. The Morgan fingerprint density at radius 3 is 1.95 bits per heavy atom. The van der Waals surface area contributed by atoms with Crippen LogP contribution in [0.5, 0.6) is 0 Å². The van der Waals surface area contributed by atoms with Crippen molar-refractivity contribution in [1.29, 1.82) is 0 Å². The van der Waals surface area contributed by atoms with Crippen molar-refractivity contribution in [3.63, 3.8) is 0 Å². The molecule has 0 amide bonds. The molecular weight excluding hydrogens is 232 g/mol. The van der Waals surface area contributed by atoms with Crippen molar-refractivity contribution in [2.24, 2.45) is 28.6 Å². The molecule has 0 aromatic heterocycles. The predicted molar refractivity (Wildman–Crippen MR) is 84.1 cm³/mol. The van der Waals surface area contributed by atoms with Gasteiger partial charge in [-0.25, -0.2) is 0 Å². The molecule has 112 valence electrons. The lowest BCUT2D eigenvalue weighted by Crippen LogP contribution is -2.44. The van der Waals surface area contributed by atoms with E-state index in [9.17, 15) is 5.11 Å². The van der Waals surface area contributed by atoms with Crippen molar-refractivity contribution in [3.8, 4) is 0 Å². The van der Waals surface area contributed by atoms with Gasteiger partial charge >= 0.3 is 0 Å². The summed E-state index contributed by atoms with van der Waals surface area (Å²) in [4.78, 5) is 0. The molecule has 1 heteroatoms. The fourth-order valence-electron chi connectivity index (χ4n) is 4.89. The lowest BCUT2D eigenvalue weighted by Gasteiger charge is -2.53. The molecule has 1 saturated carbocycles. The monoisotopic (exact) mass is 266 g/mol. The van der Waals surface area contributed by atoms with Gasteiger partial charge in [0, 0.05) is 0 Å². The van der Waals surface area contributed by atoms with Crippen LogP contribution in [0, 0.1) is 28.6 Å². The zero-order valence-electron chi connectivity index (χ0n) is 14.1. The molecule has 1 aliphatic carbocycles. The zero-order chi connectivity index (χ0) is 15.0. The number of rotatable bonds is 4. The van der Waals surface area contributed by atoms with Crippen molar-refractivity contribution in [1.82, 2.24) is 0 Å². The Morgan fingerprint density at radius 1 is 1.16 bits per heavy atom. The Balaban J connectivity index is 2.91. The smallest absolute Gasteiger partial charge is 0.0600 e. The number of aliphatic hydroxyl groups is 1. The predicted octanol–water partition coefficient (Wildman–Crippen LogP) is 5.05. The molecule has 1 atom stereocenters. The van der Waals surface area contributed by atoms with Crippen LogP contribution in [0.2, 0.25) is 0 Å². The molecule has 0 bridgehead atoms. The SMILES string of the molecule is C=C(CC(O)C(C)C)C1C(C)(C)CC(C)CC1(C)C. The highest BCUT2D eigenvalue weighted by Gasteiger charge is 2.47. The van der Waals surface area contributed by atoms with Crippen LogP contribution in [0.15, 0.2) is 12.2 Å². The maximum atomic E-state index is 10.2. The third kappa shape index (κ3) is 3.84. The van der Waals surface area contributed by atoms with E-state index in [2.05, 4.69) is 55.0 Å². The molecule has 0 saturated heterocycles. The van der Waals surface area contributed by atoms with Gasteiger partial charge in [-0.15, -0.1) is 0 Å². The first-order valence-electron chi connectivity index (χ1n) is 7.83. The van der Waals surface area contributed by atoms with Crippen molar-refractivity contribution >= 4 is 0 Å². The summed E-state index contributed by atoms with van der Waals surface area (Å²) < 4.78 is 0. The summed E-state index contributed by atoms with van der Waals surface area (Å²) in [5.74, 6) is 1.60.